The Morgan fingerprint density at radius 2 is 1.78 bits per heavy atom. The zero-order valence-electron chi connectivity index (χ0n) is 15.4. The number of esters is 1. The van der Waals surface area contributed by atoms with Crippen molar-refractivity contribution in [2.45, 2.75) is 26.3 Å². The topological polar surface area (TPSA) is 96.5 Å². The third-order valence-electron chi connectivity index (χ3n) is 4.53. The highest BCUT2D eigenvalue weighted by Crippen LogP contribution is 2.30. The fraction of sp³-hybridized carbons (Fsp3) is 0.250. The van der Waals surface area contributed by atoms with Crippen LogP contribution in [0.4, 0.5) is 17.1 Å². The molecule has 7 nitrogen and oxygen atoms in total. The molecule has 1 aliphatic rings. The average Bonchev–Trinajstić information content (AvgIpc) is 2.64. The third-order valence-corrected chi connectivity index (χ3v) is 4.53. The maximum Gasteiger partial charge on any atom is 0.339 e. The maximum atomic E-state index is 12.4. The van der Waals surface area contributed by atoms with Crippen molar-refractivity contribution in [1.82, 2.24) is 0 Å². The summed E-state index contributed by atoms with van der Waals surface area (Å²) in [5, 5.41) is 8.62. The number of carbonyl (C=O) groups is 3. The van der Waals surface area contributed by atoms with Crippen LogP contribution in [0.3, 0.4) is 0 Å². The zero-order valence-corrected chi connectivity index (χ0v) is 15.4. The summed E-state index contributed by atoms with van der Waals surface area (Å²) in [5.41, 5.74) is 4.25. The molecule has 2 aromatic carbocycles. The van der Waals surface area contributed by atoms with Crippen LogP contribution in [0.1, 0.15) is 27.9 Å². The van der Waals surface area contributed by atoms with Gasteiger partial charge in [0.05, 0.1) is 36.2 Å². The second-order valence-corrected chi connectivity index (χ2v) is 6.46. The van der Waals surface area contributed by atoms with Gasteiger partial charge in [-0.05, 0) is 49.2 Å². The summed E-state index contributed by atoms with van der Waals surface area (Å²) in [6.07, 6.45) is -0.0757. The predicted octanol–water partition coefficient (Wildman–Crippen LogP) is 2.85. The van der Waals surface area contributed by atoms with Gasteiger partial charge in [-0.1, -0.05) is 12.1 Å². The van der Waals surface area contributed by atoms with E-state index >= 15 is 0 Å². The lowest BCUT2D eigenvalue weighted by atomic mass is 10.0. The standard InChI is InChI=1S/C20H21N3O4/c1-11-8-15-16(9-12(11)2)23-19(25)17(21-15)10-18(24)22-14-7-5-4-6-13(14)20(26)27-3/h4-9,17,21H,10H2,1-3H3,(H,22,24)(H,23,25)/t17-/m0/s1. The van der Waals surface area contributed by atoms with E-state index < -0.39 is 12.0 Å². The molecule has 7 heteroatoms. The van der Waals surface area contributed by atoms with E-state index in [1.165, 1.54) is 7.11 Å². The van der Waals surface area contributed by atoms with E-state index in [0.29, 0.717) is 11.4 Å². The molecule has 0 bridgehead atoms. The van der Waals surface area contributed by atoms with Gasteiger partial charge >= 0.3 is 5.97 Å². The first-order valence-corrected chi connectivity index (χ1v) is 8.55. The molecule has 0 unspecified atom stereocenters. The number of hydrogen-bond acceptors (Lipinski definition) is 5. The molecule has 0 spiro atoms. The van der Waals surface area contributed by atoms with Crippen molar-refractivity contribution >= 4 is 34.8 Å². The second-order valence-electron chi connectivity index (χ2n) is 6.46. The number of anilines is 3. The predicted molar refractivity (Wildman–Crippen MR) is 103 cm³/mol. The van der Waals surface area contributed by atoms with Crippen LogP contribution >= 0.6 is 0 Å². The second kappa shape index (κ2) is 7.49. The van der Waals surface area contributed by atoms with Gasteiger partial charge in [0.15, 0.2) is 0 Å². The van der Waals surface area contributed by atoms with E-state index in [0.717, 1.165) is 16.8 Å². The Balaban J connectivity index is 1.72. The molecule has 3 rings (SSSR count). The van der Waals surface area contributed by atoms with Crippen LogP contribution in [0.5, 0.6) is 0 Å². The van der Waals surface area contributed by atoms with Crippen LogP contribution in [0.2, 0.25) is 0 Å². The smallest absolute Gasteiger partial charge is 0.339 e. The Morgan fingerprint density at radius 1 is 1.11 bits per heavy atom. The number of nitrogens with one attached hydrogen (secondary N) is 3. The molecule has 1 aliphatic heterocycles. The number of amides is 2. The van der Waals surface area contributed by atoms with Crippen molar-refractivity contribution in [3.05, 3.63) is 53.1 Å². The van der Waals surface area contributed by atoms with Crippen molar-refractivity contribution in [3.63, 3.8) is 0 Å². The zero-order chi connectivity index (χ0) is 19.6. The number of aryl methyl sites for hydroxylation is 2. The minimum atomic E-state index is -0.704. The van der Waals surface area contributed by atoms with Crippen LogP contribution in [-0.4, -0.2) is 30.9 Å². The van der Waals surface area contributed by atoms with Crippen molar-refractivity contribution in [1.29, 1.82) is 0 Å². The van der Waals surface area contributed by atoms with Crippen LogP contribution < -0.4 is 16.0 Å². The van der Waals surface area contributed by atoms with E-state index in [9.17, 15) is 14.4 Å². The van der Waals surface area contributed by atoms with Gasteiger partial charge < -0.3 is 20.7 Å². The average molecular weight is 367 g/mol. The first-order valence-electron chi connectivity index (χ1n) is 8.55. The lowest BCUT2D eigenvalue weighted by Gasteiger charge is -2.27. The van der Waals surface area contributed by atoms with Gasteiger partial charge in [-0.15, -0.1) is 0 Å². The molecule has 0 saturated heterocycles. The summed E-state index contributed by atoms with van der Waals surface area (Å²) < 4.78 is 4.72. The van der Waals surface area contributed by atoms with Gasteiger partial charge in [0.25, 0.3) is 0 Å². The molecule has 0 fully saturated rings. The van der Waals surface area contributed by atoms with Crippen LogP contribution in [0.15, 0.2) is 36.4 Å². The quantitative estimate of drug-likeness (QED) is 0.722. The van der Waals surface area contributed by atoms with Gasteiger partial charge in [-0.3, -0.25) is 9.59 Å². The monoisotopic (exact) mass is 367 g/mol. The third kappa shape index (κ3) is 3.92. The highest BCUT2D eigenvalue weighted by molar-refractivity contribution is 6.07. The normalized spacial score (nSPS) is 15.2. The Hall–Kier alpha value is -3.35. The summed E-state index contributed by atoms with van der Waals surface area (Å²) in [5.74, 6) is -1.20. The molecule has 1 heterocycles. The van der Waals surface area contributed by atoms with Crippen molar-refractivity contribution in [2.75, 3.05) is 23.1 Å². The molecular weight excluding hydrogens is 346 g/mol. The van der Waals surface area contributed by atoms with Crippen LogP contribution in [0.25, 0.3) is 0 Å². The molecule has 0 saturated carbocycles. The number of rotatable bonds is 4. The number of hydrogen-bond donors (Lipinski definition) is 3. The fourth-order valence-electron chi connectivity index (χ4n) is 2.92. The highest BCUT2D eigenvalue weighted by Gasteiger charge is 2.28. The number of fused-ring (bicyclic) bond motifs is 1. The molecule has 2 amide bonds. The first-order chi connectivity index (χ1) is 12.9. The fourth-order valence-corrected chi connectivity index (χ4v) is 2.92. The number of methoxy groups -OCH3 is 1. The molecule has 27 heavy (non-hydrogen) atoms. The lowest BCUT2D eigenvalue weighted by molar-refractivity contribution is -0.122. The minimum absolute atomic E-state index is 0.0757. The molecule has 3 N–H and O–H groups in total. The van der Waals surface area contributed by atoms with E-state index in [-0.39, 0.29) is 23.8 Å². The van der Waals surface area contributed by atoms with Gasteiger partial charge in [-0.25, -0.2) is 4.79 Å². The van der Waals surface area contributed by atoms with Crippen LogP contribution in [-0.2, 0) is 14.3 Å². The summed E-state index contributed by atoms with van der Waals surface area (Å²) >= 11 is 0. The first kappa shape index (κ1) is 18.4. The molecule has 0 radical (unpaired) electrons. The minimum Gasteiger partial charge on any atom is -0.465 e. The Labute approximate surface area is 157 Å². The summed E-state index contributed by atoms with van der Waals surface area (Å²) in [7, 11) is 1.28. The van der Waals surface area contributed by atoms with Crippen LogP contribution in [0, 0.1) is 13.8 Å². The molecular formula is C20H21N3O4. The largest absolute Gasteiger partial charge is 0.465 e. The molecule has 0 aromatic heterocycles. The Bertz CT molecular complexity index is 923. The van der Waals surface area contributed by atoms with E-state index in [1.807, 2.05) is 26.0 Å². The Kier molecular flexibility index (Phi) is 5.12. The molecule has 2 aromatic rings. The molecule has 0 aliphatic carbocycles. The molecule has 140 valence electrons. The van der Waals surface area contributed by atoms with E-state index in [4.69, 9.17) is 4.74 Å². The van der Waals surface area contributed by atoms with Crippen molar-refractivity contribution < 1.29 is 19.1 Å². The summed E-state index contributed by atoms with van der Waals surface area (Å²) in [4.78, 5) is 36.6. The Morgan fingerprint density at radius 3 is 2.48 bits per heavy atom. The SMILES string of the molecule is COC(=O)c1ccccc1NC(=O)C[C@@H]1Nc2cc(C)c(C)cc2NC1=O. The van der Waals surface area contributed by atoms with Gasteiger partial charge in [0.2, 0.25) is 11.8 Å². The van der Waals surface area contributed by atoms with Crippen molar-refractivity contribution in [3.8, 4) is 0 Å². The molecule has 1 atom stereocenters. The maximum absolute atomic E-state index is 12.4. The van der Waals surface area contributed by atoms with E-state index in [1.54, 1.807) is 24.3 Å². The van der Waals surface area contributed by atoms with E-state index in [2.05, 4.69) is 16.0 Å². The summed E-state index contributed by atoms with van der Waals surface area (Å²) in [6, 6.07) is 9.70. The van der Waals surface area contributed by atoms with Crippen molar-refractivity contribution in [2.24, 2.45) is 0 Å². The van der Waals surface area contributed by atoms with Gasteiger partial charge in [0.1, 0.15) is 6.04 Å². The summed E-state index contributed by atoms with van der Waals surface area (Å²) in [6.45, 7) is 3.96. The van der Waals surface area contributed by atoms with Gasteiger partial charge in [-0.2, -0.15) is 0 Å². The lowest BCUT2D eigenvalue weighted by Crippen LogP contribution is -2.41. The number of benzene rings is 2. The van der Waals surface area contributed by atoms with Gasteiger partial charge in [0, 0.05) is 0 Å². The number of carbonyl (C=O) groups excluding carboxylic acids is 3. The number of para-hydroxylation sites is 1. The number of ether oxygens (including phenoxy) is 1. The highest BCUT2D eigenvalue weighted by atomic mass is 16.5.